The average Bonchev–Trinajstić information content (AvgIpc) is 2.32. The SMILES string of the molecule is C=CCN(c1ncc(CNC(C)(C)C)c(C)n1)C(C)(C)C. The number of nitrogens with one attached hydrogen (secondary N) is 1. The fourth-order valence-electron chi connectivity index (χ4n) is 1.93. The molecule has 4 heteroatoms. The molecule has 0 aliphatic carbocycles. The molecule has 0 saturated heterocycles. The molecule has 1 aromatic rings. The second-order valence-corrected chi connectivity index (χ2v) is 7.45. The van der Waals surface area contributed by atoms with Gasteiger partial charge in [0.2, 0.25) is 5.95 Å². The van der Waals surface area contributed by atoms with Crippen molar-refractivity contribution in [3.63, 3.8) is 0 Å². The monoisotopic (exact) mass is 290 g/mol. The zero-order valence-electron chi connectivity index (χ0n) is 14.6. The maximum atomic E-state index is 4.69. The van der Waals surface area contributed by atoms with Crippen LogP contribution in [0.2, 0.25) is 0 Å². The highest BCUT2D eigenvalue weighted by Gasteiger charge is 2.23. The van der Waals surface area contributed by atoms with Crippen LogP contribution in [0.4, 0.5) is 5.95 Å². The van der Waals surface area contributed by atoms with Crippen molar-refractivity contribution in [1.29, 1.82) is 0 Å². The summed E-state index contributed by atoms with van der Waals surface area (Å²) in [5.41, 5.74) is 2.22. The molecule has 0 radical (unpaired) electrons. The molecule has 1 N–H and O–H groups in total. The van der Waals surface area contributed by atoms with Crippen LogP contribution in [0.3, 0.4) is 0 Å². The predicted octanol–water partition coefficient (Wildman–Crippen LogP) is 3.46. The Morgan fingerprint density at radius 3 is 2.29 bits per heavy atom. The molecule has 0 saturated carbocycles. The summed E-state index contributed by atoms with van der Waals surface area (Å²) >= 11 is 0. The van der Waals surface area contributed by atoms with Gasteiger partial charge in [-0.05, 0) is 48.5 Å². The van der Waals surface area contributed by atoms with Crippen molar-refractivity contribution in [2.75, 3.05) is 11.4 Å². The quantitative estimate of drug-likeness (QED) is 0.843. The van der Waals surface area contributed by atoms with Gasteiger partial charge in [0.25, 0.3) is 0 Å². The Kier molecular flexibility index (Phi) is 5.51. The van der Waals surface area contributed by atoms with Crippen molar-refractivity contribution < 1.29 is 0 Å². The summed E-state index contributed by atoms with van der Waals surface area (Å²) in [6.07, 6.45) is 3.82. The van der Waals surface area contributed by atoms with Crippen LogP contribution in [-0.2, 0) is 6.54 Å². The van der Waals surface area contributed by atoms with E-state index in [4.69, 9.17) is 0 Å². The van der Waals surface area contributed by atoms with Gasteiger partial charge in [0.05, 0.1) is 0 Å². The number of hydrogen-bond acceptors (Lipinski definition) is 4. The molecule has 118 valence electrons. The lowest BCUT2D eigenvalue weighted by Gasteiger charge is -2.35. The Morgan fingerprint density at radius 1 is 1.24 bits per heavy atom. The van der Waals surface area contributed by atoms with E-state index in [9.17, 15) is 0 Å². The summed E-state index contributed by atoms with van der Waals surface area (Å²) < 4.78 is 0. The van der Waals surface area contributed by atoms with E-state index in [0.29, 0.717) is 0 Å². The van der Waals surface area contributed by atoms with Crippen LogP contribution in [0.5, 0.6) is 0 Å². The van der Waals surface area contributed by atoms with E-state index in [0.717, 1.165) is 30.3 Å². The standard InChI is InChI=1S/C17H30N4/c1-9-10-21(17(6,7)8)15-18-11-14(13(2)20-15)12-19-16(3,4)5/h9,11,19H,1,10,12H2,2-8H3. The van der Waals surface area contributed by atoms with Crippen molar-refractivity contribution in [1.82, 2.24) is 15.3 Å². The average molecular weight is 290 g/mol. The zero-order chi connectivity index (χ0) is 16.3. The number of aryl methyl sites for hydroxylation is 1. The van der Waals surface area contributed by atoms with Gasteiger partial charge < -0.3 is 10.2 Å². The molecule has 0 amide bonds. The van der Waals surface area contributed by atoms with Crippen LogP contribution in [0.1, 0.15) is 52.8 Å². The lowest BCUT2D eigenvalue weighted by atomic mass is 10.1. The van der Waals surface area contributed by atoms with Gasteiger partial charge in [0.1, 0.15) is 0 Å². The van der Waals surface area contributed by atoms with Crippen molar-refractivity contribution in [2.24, 2.45) is 0 Å². The van der Waals surface area contributed by atoms with Gasteiger partial charge in [-0.2, -0.15) is 0 Å². The summed E-state index contributed by atoms with van der Waals surface area (Å²) in [4.78, 5) is 11.4. The first-order valence-corrected chi connectivity index (χ1v) is 7.50. The van der Waals surface area contributed by atoms with E-state index in [1.165, 1.54) is 0 Å². The number of rotatable bonds is 5. The molecule has 4 nitrogen and oxygen atoms in total. The minimum atomic E-state index is -0.0359. The van der Waals surface area contributed by atoms with Crippen LogP contribution in [0, 0.1) is 6.92 Å². The lowest BCUT2D eigenvalue weighted by Crippen LogP contribution is -2.43. The van der Waals surface area contributed by atoms with Gasteiger partial charge in [-0.15, -0.1) is 6.58 Å². The summed E-state index contributed by atoms with van der Waals surface area (Å²) in [5.74, 6) is 0.763. The highest BCUT2D eigenvalue weighted by Crippen LogP contribution is 2.21. The van der Waals surface area contributed by atoms with Gasteiger partial charge >= 0.3 is 0 Å². The third-order valence-corrected chi connectivity index (χ3v) is 3.24. The normalized spacial score (nSPS) is 12.3. The molecule has 0 atom stereocenters. The molecule has 1 rings (SSSR count). The lowest BCUT2D eigenvalue weighted by molar-refractivity contribution is 0.423. The van der Waals surface area contributed by atoms with Crippen LogP contribution in [-0.4, -0.2) is 27.6 Å². The smallest absolute Gasteiger partial charge is 0.226 e. The predicted molar refractivity (Wildman–Crippen MR) is 90.7 cm³/mol. The molecule has 0 unspecified atom stereocenters. The zero-order valence-corrected chi connectivity index (χ0v) is 14.6. The van der Waals surface area contributed by atoms with Gasteiger partial charge in [-0.3, -0.25) is 0 Å². The molecule has 0 bridgehead atoms. The van der Waals surface area contributed by atoms with E-state index < -0.39 is 0 Å². The van der Waals surface area contributed by atoms with Crippen molar-refractivity contribution in [3.05, 3.63) is 30.1 Å². The fraction of sp³-hybridized carbons (Fsp3) is 0.647. The third kappa shape index (κ3) is 5.46. The first-order valence-electron chi connectivity index (χ1n) is 7.50. The Hall–Kier alpha value is -1.42. The highest BCUT2D eigenvalue weighted by atomic mass is 15.3. The van der Waals surface area contributed by atoms with Gasteiger partial charge in [0, 0.05) is 41.6 Å². The molecule has 0 fully saturated rings. The molecule has 0 aromatic carbocycles. The van der Waals surface area contributed by atoms with Crippen LogP contribution >= 0.6 is 0 Å². The molecule has 1 aromatic heterocycles. The Bertz CT molecular complexity index is 481. The second-order valence-electron chi connectivity index (χ2n) is 7.45. The van der Waals surface area contributed by atoms with E-state index in [1.807, 2.05) is 19.2 Å². The van der Waals surface area contributed by atoms with Crippen molar-refractivity contribution in [3.8, 4) is 0 Å². The van der Waals surface area contributed by atoms with Crippen LogP contribution in [0.15, 0.2) is 18.9 Å². The summed E-state index contributed by atoms with van der Waals surface area (Å²) in [5, 5.41) is 3.47. The summed E-state index contributed by atoms with van der Waals surface area (Å²) in [6.45, 7) is 20.3. The first kappa shape index (κ1) is 17.6. The summed E-state index contributed by atoms with van der Waals surface area (Å²) in [7, 11) is 0. The molecule has 0 aliphatic rings. The molecule has 0 aliphatic heterocycles. The number of nitrogens with zero attached hydrogens (tertiary/aromatic N) is 3. The van der Waals surface area contributed by atoms with E-state index in [-0.39, 0.29) is 11.1 Å². The van der Waals surface area contributed by atoms with E-state index in [2.05, 4.69) is 68.3 Å². The van der Waals surface area contributed by atoms with Crippen molar-refractivity contribution in [2.45, 2.75) is 66.1 Å². The van der Waals surface area contributed by atoms with Crippen molar-refractivity contribution >= 4 is 5.95 Å². The van der Waals surface area contributed by atoms with Crippen LogP contribution < -0.4 is 10.2 Å². The van der Waals surface area contributed by atoms with Crippen LogP contribution in [0.25, 0.3) is 0 Å². The molecule has 21 heavy (non-hydrogen) atoms. The largest absolute Gasteiger partial charge is 0.332 e. The van der Waals surface area contributed by atoms with Gasteiger partial charge in [0.15, 0.2) is 0 Å². The minimum absolute atomic E-state index is 0.0359. The van der Waals surface area contributed by atoms with E-state index >= 15 is 0 Å². The minimum Gasteiger partial charge on any atom is -0.332 e. The molecule has 1 heterocycles. The highest BCUT2D eigenvalue weighted by molar-refractivity contribution is 5.37. The topological polar surface area (TPSA) is 41.1 Å². The van der Waals surface area contributed by atoms with Gasteiger partial charge in [-0.1, -0.05) is 6.08 Å². The van der Waals surface area contributed by atoms with E-state index in [1.54, 1.807) is 0 Å². The number of aromatic nitrogens is 2. The summed E-state index contributed by atoms with van der Waals surface area (Å²) in [6, 6.07) is 0. The maximum absolute atomic E-state index is 4.69. The molecular weight excluding hydrogens is 260 g/mol. The first-order chi connectivity index (χ1) is 9.54. The van der Waals surface area contributed by atoms with Gasteiger partial charge in [-0.25, -0.2) is 9.97 Å². The molecular formula is C17H30N4. The number of hydrogen-bond donors (Lipinski definition) is 1. The second kappa shape index (κ2) is 6.56. The Balaban J connectivity index is 2.97. The maximum Gasteiger partial charge on any atom is 0.226 e. The number of anilines is 1. The fourth-order valence-corrected chi connectivity index (χ4v) is 1.93. The third-order valence-electron chi connectivity index (χ3n) is 3.24. The molecule has 0 spiro atoms. The Labute approximate surface area is 129 Å². The Morgan fingerprint density at radius 2 is 1.86 bits per heavy atom.